The van der Waals surface area contributed by atoms with Crippen molar-refractivity contribution < 1.29 is 24.3 Å². The lowest BCUT2D eigenvalue weighted by molar-refractivity contribution is -0.102. The van der Waals surface area contributed by atoms with Gasteiger partial charge in [0.15, 0.2) is 0 Å². The third-order valence-electron chi connectivity index (χ3n) is 6.72. The summed E-state index contributed by atoms with van der Waals surface area (Å²) in [6, 6.07) is -0.00915. The Labute approximate surface area is 262 Å². The van der Waals surface area contributed by atoms with Crippen molar-refractivity contribution in [1.29, 1.82) is 0 Å². The van der Waals surface area contributed by atoms with Gasteiger partial charge in [0.1, 0.15) is 11.3 Å². The van der Waals surface area contributed by atoms with Gasteiger partial charge in [0, 0.05) is 28.9 Å². The fourth-order valence-corrected chi connectivity index (χ4v) is 4.78. The van der Waals surface area contributed by atoms with E-state index in [0.717, 1.165) is 32.1 Å². The molecule has 1 heterocycles. The topological polar surface area (TPSA) is 90.5 Å². The SMILES string of the molecule is C/C=C\C=C/CC(/C=C\C(C)CC[C@@H]1CC(C)C(C)(O)N1C(=O)OC(C)(C)C)=C/CC.COS/C(C)=C/C=C(C)C.O. The molecule has 1 aliphatic heterocycles. The molecule has 0 bridgehead atoms. The van der Waals surface area contributed by atoms with Crippen LogP contribution in [-0.2, 0) is 8.92 Å². The standard InChI is InChI=1S/C27H45NO3.C8H14OS.H2O/c1-9-11-12-13-15-23(14-10-2)18-16-21(3)17-19-24-20-22(4)27(8,30)28(24)25(29)31-26(5,6)7;1-7(2)5-6-8(3)10-9-4;/h9,11-14,16,18,21-22,24,30H,10,15,17,19-20H2,1-8H3;5-6H,1-4H3;1H2/b11-9-,13-12-,18-16-,23-14-;8-6+;/t21?,22?,24-,27?;;/m1../s1. The number of hydrogen-bond donors (Lipinski definition) is 1. The monoisotopic (exact) mass is 607 g/mol. The van der Waals surface area contributed by atoms with Gasteiger partial charge < -0.3 is 19.5 Å². The van der Waals surface area contributed by atoms with E-state index in [9.17, 15) is 9.90 Å². The van der Waals surface area contributed by atoms with E-state index in [-0.39, 0.29) is 17.4 Å². The molecular weight excluding hydrogens is 546 g/mol. The Bertz CT molecular complexity index is 949. The first-order valence-corrected chi connectivity index (χ1v) is 15.7. The first-order chi connectivity index (χ1) is 19.1. The third-order valence-corrected chi connectivity index (χ3v) is 7.29. The summed E-state index contributed by atoms with van der Waals surface area (Å²) in [4.78, 5) is 15.6. The van der Waals surface area contributed by atoms with Crippen LogP contribution in [0, 0.1) is 11.8 Å². The van der Waals surface area contributed by atoms with Gasteiger partial charge in [-0.15, -0.1) is 0 Å². The van der Waals surface area contributed by atoms with Gasteiger partial charge in [-0.25, -0.2) is 4.79 Å². The molecular formula is C35H61NO5S. The van der Waals surface area contributed by atoms with Crippen molar-refractivity contribution in [2.24, 2.45) is 11.8 Å². The predicted octanol–water partition coefficient (Wildman–Crippen LogP) is 9.50. The molecule has 0 saturated carbocycles. The van der Waals surface area contributed by atoms with Crippen LogP contribution < -0.4 is 0 Å². The van der Waals surface area contributed by atoms with Gasteiger partial charge >= 0.3 is 6.09 Å². The Morgan fingerprint density at radius 3 is 2.36 bits per heavy atom. The lowest BCUT2D eigenvalue weighted by Gasteiger charge is -2.37. The molecule has 0 aliphatic carbocycles. The fourth-order valence-electron chi connectivity index (χ4n) is 4.39. The number of ether oxygens (including phenoxy) is 1. The average molecular weight is 608 g/mol. The van der Waals surface area contributed by atoms with E-state index >= 15 is 0 Å². The van der Waals surface area contributed by atoms with E-state index in [1.54, 1.807) is 18.9 Å². The molecule has 0 spiro atoms. The zero-order valence-corrected chi connectivity index (χ0v) is 29.3. The normalized spacial score (nSPS) is 22.3. The summed E-state index contributed by atoms with van der Waals surface area (Å²) in [6.07, 6.45) is 23.3. The van der Waals surface area contributed by atoms with Gasteiger partial charge in [-0.3, -0.25) is 4.90 Å². The molecule has 7 heteroatoms. The molecule has 242 valence electrons. The molecule has 1 rings (SSSR count). The van der Waals surface area contributed by atoms with Crippen molar-refractivity contribution in [3.8, 4) is 0 Å². The van der Waals surface area contributed by atoms with Crippen LogP contribution in [0.2, 0.25) is 0 Å². The van der Waals surface area contributed by atoms with Crippen LogP contribution in [-0.4, -0.2) is 46.1 Å². The summed E-state index contributed by atoms with van der Waals surface area (Å²) in [5.74, 6) is 0.403. The van der Waals surface area contributed by atoms with Crippen molar-refractivity contribution in [1.82, 2.24) is 4.90 Å². The van der Waals surface area contributed by atoms with Crippen molar-refractivity contribution in [3.63, 3.8) is 0 Å². The number of allylic oxidation sites excluding steroid dienone is 12. The van der Waals surface area contributed by atoms with Crippen LogP contribution in [0.1, 0.15) is 108 Å². The maximum Gasteiger partial charge on any atom is 0.412 e. The number of carbonyl (C=O) groups excluding carboxylic acids is 1. The third kappa shape index (κ3) is 17.8. The Kier molecular flexibility index (Phi) is 21.6. The molecule has 0 aromatic heterocycles. The van der Waals surface area contributed by atoms with E-state index in [2.05, 4.69) is 64.2 Å². The van der Waals surface area contributed by atoms with Crippen LogP contribution in [0.25, 0.3) is 0 Å². The maximum atomic E-state index is 12.8. The Balaban J connectivity index is 0. The van der Waals surface area contributed by atoms with Crippen molar-refractivity contribution in [2.45, 2.75) is 126 Å². The Hall–Kier alpha value is -2.06. The molecule has 1 aliphatic rings. The van der Waals surface area contributed by atoms with Gasteiger partial charge in [-0.1, -0.05) is 81.0 Å². The second kappa shape index (κ2) is 21.6. The second-order valence-electron chi connectivity index (χ2n) is 12.3. The smallest absolute Gasteiger partial charge is 0.412 e. The summed E-state index contributed by atoms with van der Waals surface area (Å²) in [5.41, 5.74) is 0.865. The van der Waals surface area contributed by atoms with Crippen LogP contribution in [0.3, 0.4) is 0 Å². The first-order valence-electron chi connectivity index (χ1n) is 15.0. The van der Waals surface area contributed by atoms with E-state index in [1.165, 1.54) is 28.1 Å². The van der Waals surface area contributed by atoms with Gasteiger partial charge in [0.2, 0.25) is 0 Å². The summed E-state index contributed by atoms with van der Waals surface area (Å²) in [7, 11) is 1.67. The molecule has 0 radical (unpaired) electrons. The molecule has 4 atom stereocenters. The number of carbonyl (C=O) groups is 1. The highest BCUT2D eigenvalue weighted by Gasteiger charge is 2.50. The highest BCUT2D eigenvalue weighted by molar-refractivity contribution is 7.98. The zero-order chi connectivity index (χ0) is 31.6. The number of likely N-dealkylation sites (tertiary alicyclic amines) is 1. The van der Waals surface area contributed by atoms with Crippen molar-refractivity contribution in [3.05, 3.63) is 70.7 Å². The van der Waals surface area contributed by atoms with Crippen LogP contribution in [0.5, 0.6) is 0 Å². The van der Waals surface area contributed by atoms with Crippen LogP contribution in [0.4, 0.5) is 4.79 Å². The molecule has 0 aromatic rings. The number of rotatable bonds is 12. The van der Waals surface area contributed by atoms with Crippen molar-refractivity contribution in [2.75, 3.05) is 7.11 Å². The van der Waals surface area contributed by atoms with Crippen LogP contribution >= 0.6 is 12.0 Å². The predicted molar refractivity (Wildman–Crippen MR) is 182 cm³/mol. The first kappa shape index (κ1) is 42.1. The second-order valence-corrected chi connectivity index (χ2v) is 13.4. The number of amides is 1. The molecule has 1 amide bonds. The molecule has 1 fully saturated rings. The lowest BCUT2D eigenvalue weighted by atomic mass is 9.95. The average Bonchev–Trinajstić information content (AvgIpc) is 3.09. The molecule has 3 unspecified atom stereocenters. The fraction of sp³-hybridized carbons (Fsp3) is 0.629. The molecule has 42 heavy (non-hydrogen) atoms. The van der Waals surface area contributed by atoms with E-state index in [4.69, 9.17) is 8.92 Å². The van der Waals surface area contributed by atoms with Crippen LogP contribution in [0.15, 0.2) is 70.7 Å². The largest absolute Gasteiger partial charge is 0.444 e. The van der Waals surface area contributed by atoms with E-state index < -0.39 is 17.4 Å². The quantitative estimate of drug-likeness (QED) is 0.176. The summed E-state index contributed by atoms with van der Waals surface area (Å²) in [5, 5.41) is 11.0. The number of nitrogens with zero attached hydrogens (tertiary/aromatic N) is 1. The van der Waals surface area contributed by atoms with Gasteiger partial charge in [0.05, 0.1) is 7.11 Å². The van der Waals surface area contributed by atoms with E-state index in [1.807, 2.05) is 59.8 Å². The maximum absolute atomic E-state index is 12.8. The highest BCUT2D eigenvalue weighted by atomic mass is 32.2. The number of aliphatic hydroxyl groups is 1. The summed E-state index contributed by atoms with van der Waals surface area (Å²) < 4.78 is 10.5. The minimum absolute atomic E-state index is 0. The van der Waals surface area contributed by atoms with Crippen molar-refractivity contribution >= 4 is 18.1 Å². The Morgan fingerprint density at radius 2 is 1.83 bits per heavy atom. The summed E-state index contributed by atoms with van der Waals surface area (Å²) in [6.45, 7) is 21.9. The van der Waals surface area contributed by atoms with E-state index in [0.29, 0.717) is 5.92 Å². The molecule has 3 N–H and O–H groups in total. The molecule has 1 saturated heterocycles. The minimum Gasteiger partial charge on any atom is -0.444 e. The minimum atomic E-state index is -1.18. The number of hydrogen-bond acceptors (Lipinski definition) is 5. The van der Waals surface area contributed by atoms with Gasteiger partial charge in [-0.2, -0.15) is 0 Å². The molecule has 6 nitrogen and oxygen atoms in total. The highest BCUT2D eigenvalue weighted by Crippen LogP contribution is 2.40. The zero-order valence-electron chi connectivity index (χ0n) is 28.5. The Morgan fingerprint density at radius 1 is 1.19 bits per heavy atom. The van der Waals surface area contributed by atoms with Gasteiger partial charge in [0.25, 0.3) is 0 Å². The summed E-state index contributed by atoms with van der Waals surface area (Å²) >= 11 is 1.39. The lowest BCUT2D eigenvalue weighted by Crippen LogP contribution is -2.52. The molecule has 0 aromatic carbocycles. The van der Waals surface area contributed by atoms with Gasteiger partial charge in [-0.05, 0) is 99.0 Å².